The summed E-state index contributed by atoms with van der Waals surface area (Å²) in [7, 11) is 0. The van der Waals surface area contributed by atoms with Crippen molar-refractivity contribution in [3.8, 4) is 0 Å². The Kier molecular flexibility index (Phi) is 3.53. The molecular weight excluding hydrogens is 164 g/mol. The lowest BCUT2D eigenvalue weighted by Crippen LogP contribution is -1.74. The van der Waals surface area contributed by atoms with Crippen LogP contribution in [0.15, 0.2) is 36.5 Å². The van der Waals surface area contributed by atoms with Crippen LogP contribution >= 0.6 is 17.0 Å². The molecule has 0 saturated carbocycles. The molecule has 1 heteroatoms. The third-order valence-electron chi connectivity index (χ3n) is 0.959. The molecule has 0 aromatic rings. The van der Waals surface area contributed by atoms with Crippen LogP contribution in [0.4, 0.5) is 0 Å². The van der Waals surface area contributed by atoms with Crippen molar-refractivity contribution in [3.05, 3.63) is 36.5 Å². The van der Waals surface area contributed by atoms with Gasteiger partial charge in [0.2, 0.25) is 0 Å². The Morgan fingerprint density at radius 2 is 2.12 bits per heavy atom. The smallest absolute Gasteiger partial charge is 0.0100 e. The molecule has 0 fully saturated rings. The molecule has 0 nitrogen and oxygen atoms in total. The van der Waals surface area contributed by atoms with Crippen LogP contribution in [0.3, 0.4) is 0 Å². The molecule has 0 bridgehead atoms. The third-order valence-corrected chi connectivity index (χ3v) is 0.959. The lowest BCUT2D eigenvalue weighted by atomic mass is 10.1. The first-order valence-electron chi connectivity index (χ1n) is 2.40. The summed E-state index contributed by atoms with van der Waals surface area (Å²) < 4.78 is 0. The number of hydrogen-bond donors (Lipinski definition) is 0. The van der Waals surface area contributed by atoms with E-state index in [-0.39, 0.29) is 17.0 Å². The number of allylic oxidation sites excluding steroid dienone is 5. The van der Waals surface area contributed by atoms with Gasteiger partial charge in [0.25, 0.3) is 0 Å². The van der Waals surface area contributed by atoms with E-state index >= 15 is 0 Å². The fourth-order valence-electron chi connectivity index (χ4n) is 0.558. The predicted molar refractivity (Wildman–Crippen MR) is 42.4 cm³/mol. The zero-order valence-electron chi connectivity index (χ0n) is 4.63. The van der Waals surface area contributed by atoms with Gasteiger partial charge in [-0.25, -0.2) is 0 Å². The van der Waals surface area contributed by atoms with Gasteiger partial charge in [0.1, 0.15) is 0 Å². The first-order chi connectivity index (χ1) is 3.39. The Morgan fingerprint density at radius 1 is 1.38 bits per heavy atom. The molecule has 1 aliphatic rings. The standard InChI is InChI=1S/C7H8.BrH/c1-7-5-3-2-4-6-7;/h2-5H,1,6H2;1H. The van der Waals surface area contributed by atoms with Crippen molar-refractivity contribution in [1.29, 1.82) is 0 Å². The average Bonchev–Trinajstić information content (AvgIpc) is 1.69. The van der Waals surface area contributed by atoms with E-state index in [0.717, 1.165) is 6.42 Å². The van der Waals surface area contributed by atoms with Crippen LogP contribution in [0, 0.1) is 0 Å². The van der Waals surface area contributed by atoms with Gasteiger partial charge in [0.05, 0.1) is 0 Å². The SMILES string of the molecule is Br.C=C1C=CC=CC1. The third kappa shape index (κ3) is 2.12. The fourth-order valence-corrected chi connectivity index (χ4v) is 0.558. The van der Waals surface area contributed by atoms with Crippen molar-refractivity contribution in [2.45, 2.75) is 6.42 Å². The Hall–Kier alpha value is -0.300. The highest BCUT2D eigenvalue weighted by atomic mass is 79.9. The Balaban J connectivity index is 0.000000490. The monoisotopic (exact) mass is 172 g/mol. The largest absolute Gasteiger partial charge is 0.114 e. The van der Waals surface area contributed by atoms with Gasteiger partial charge in [0, 0.05) is 0 Å². The Bertz CT molecular complexity index is 131. The summed E-state index contributed by atoms with van der Waals surface area (Å²) in [6, 6.07) is 0. The van der Waals surface area contributed by atoms with E-state index in [0.29, 0.717) is 0 Å². The predicted octanol–water partition coefficient (Wildman–Crippen LogP) is 2.64. The first-order valence-corrected chi connectivity index (χ1v) is 2.40. The fraction of sp³-hybridized carbons (Fsp3) is 0.143. The Labute approximate surface area is 60.4 Å². The van der Waals surface area contributed by atoms with Crippen molar-refractivity contribution in [1.82, 2.24) is 0 Å². The summed E-state index contributed by atoms with van der Waals surface area (Å²) in [4.78, 5) is 0. The molecule has 0 heterocycles. The molecule has 0 radical (unpaired) electrons. The molecule has 0 aromatic heterocycles. The lowest BCUT2D eigenvalue weighted by molar-refractivity contribution is 1.28. The minimum absolute atomic E-state index is 0. The van der Waals surface area contributed by atoms with Crippen molar-refractivity contribution in [3.63, 3.8) is 0 Å². The average molecular weight is 173 g/mol. The molecule has 44 valence electrons. The summed E-state index contributed by atoms with van der Waals surface area (Å²) in [6.45, 7) is 3.78. The topological polar surface area (TPSA) is 0 Å². The van der Waals surface area contributed by atoms with Crippen molar-refractivity contribution in [2.75, 3.05) is 0 Å². The van der Waals surface area contributed by atoms with Gasteiger partial charge in [-0.2, -0.15) is 0 Å². The van der Waals surface area contributed by atoms with Crippen LogP contribution in [0.2, 0.25) is 0 Å². The van der Waals surface area contributed by atoms with Crippen molar-refractivity contribution < 1.29 is 0 Å². The van der Waals surface area contributed by atoms with E-state index in [1.165, 1.54) is 5.57 Å². The van der Waals surface area contributed by atoms with Crippen molar-refractivity contribution in [2.24, 2.45) is 0 Å². The molecule has 1 aliphatic carbocycles. The zero-order chi connectivity index (χ0) is 5.11. The van der Waals surface area contributed by atoms with Crippen LogP contribution in [-0.4, -0.2) is 0 Å². The molecular formula is C7H9Br. The van der Waals surface area contributed by atoms with Gasteiger partial charge in [-0.15, -0.1) is 17.0 Å². The zero-order valence-corrected chi connectivity index (χ0v) is 6.34. The highest BCUT2D eigenvalue weighted by molar-refractivity contribution is 8.93. The van der Waals surface area contributed by atoms with E-state index in [4.69, 9.17) is 0 Å². The lowest BCUT2D eigenvalue weighted by Gasteiger charge is -1.94. The molecule has 0 spiro atoms. The highest BCUT2D eigenvalue weighted by Gasteiger charge is 1.84. The molecule has 0 atom stereocenters. The minimum Gasteiger partial charge on any atom is -0.114 e. The molecule has 0 N–H and O–H groups in total. The van der Waals surface area contributed by atoms with E-state index in [2.05, 4.69) is 12.7 Å². The van der Waals surface area contributed by atoms with E-state index < -0.39 is 0 Å². The second kappa shape index (κ2) is 3.67. The molecule has 0 unspecified atom stereocenters. The second-order valence-corrected chi connectivity index (χ2v) is 1.65. The summed E-state index contributed by atoms with van der Waals surface area (Å²) in [5.41, 5.74) is 1.20. The molecule has 1 rings (SSSR count). The van der Waals surface area contributed by atoms with Crippen LogP contribution in [0.25, 0.3) is 0 Å². The van der Waals surface area contributed by atoms with Crippen molar-refractivity contribution >= 4 is 17.0 Å². The summed E-state index contributed by atoms with van der Waals surface area (Å²) >= 11 is 0. The van der Waals surface area contributed by atoms with E-state index in [1.54, 1.807) is 0 Å². The molecule has 0 saturated heterocycles. The van der Waals surface area contributed by atoms with Crippen LogP contribution < -0.4 is 0 Å². The summed E-state index contributed by atoms with van der Waals surface area (Å²) in [6.07, 6.45) is 9.19. The normalized spacial score (nSPS) is 15.8. The maximum Gasteiger partial charge on any atom is -0.0100 e. The Morgan fingerprint density at radius 3 is 2.38 bits per heavy atom. The van der Waals surface area contributed by atoms with Gasteiger partial charge in [-0.3, -0.25) is 0 Å². The first kappa shape index (κ1) is 7.70. The molecule has 0 amide bonds. The van der Waals surface area contributed by atoms with Crippen LogP contribution in [-0.2, 0) is 0 Å². The highest BCUT2D eigenvalue weighted by Crippen LogP contribution is 2.05. The minimum atomic E-state index is 0. The van der Waals surface area contributed by atoms with Gasteiger partial charge in [0.15, 0.2) is 0 Å². The second-order valence-electron chi connectivity index (χ2n) is 1.65. The number of rotatable bonds is 0. The van der Waals surface area contributed by atoms with Gasteiger partial charge >= 0.3 is 0 Å². The molecule has 8 heavy (non-hydrogen) atoms. The quantitative estimate of drug-likeness (QED) is 0.528. The summed E-state index contributed by atoms with van der Waals surface area (Å²) in [5, 5.41) is 0. The van der Waals surface area contributed by atoms with Gasteiger partial charge < -0.3 is 0 Å². The molecule has 0 aliphatic heterocycles. The summed E-state index contributed by atoms with van der Waals surface area (Å²) in [5.74, 6) is 0. The van der Waals surface area contributed by atoms with Gasteiger partial charge in [-0.1, -0.05) is 36.5 Å². The maximum absolute atomic E-state index is 3.78. The van der Waals surface area contributed by atoms with Gasteiger partial charge in [-0.05, 0) is 6.42 Å². The van der Waals surface area contributed by atoms with Crippen LogP contribution in [0.5, 0.6) is 0 Å². The van der Waals surface area contributed by atoms with E-state index in [9.17, 15) is 0 Å². The number of halogens is 1. The molecule has 0 aromatic carbocycles. The number of hydrogen-bond acceptors (Lipinski definition) is 0. The van der Waals surface area contributed by atoms with E-state index in [1.807, 2.05) is 18.2 Å². The maximum atomic E-state index is 3.78. The van der Waals surface area contributed by atoms with Crippen LogP contribution in [0.1, 0.15) is 6.42 Å².